The molecule has 0 N–H and O–H groups in total. The predicted molar refractivity (Wildman–Crippen MR) is 57.3 cm³/mol. The zero-order valence-corrected chi connectivity index (χ0v) is 7.74. The van der Waals surface area contributed by atoms with Crippen LogP contribution in [-0.2, 0) is 0 Å². The Balaban J connectivity index is 2.24. The summed E-state index contributed by atoms with van der Waals surface area (Å²) < 4.78 is 0. The monoisotopic (exact) mass is 170 g/mol. The first-order chi connectivity index (χ1) is 6.35. The summed E-state index contributed by atoms with van der Waals surface area (Å²) in [6.07, 6.45) is 13.9. The van der Waals surface area contributed by atoms with E-state index in [1.807, 2.05) is 18.2 Å². The van der Waals surface area contributed by atoms with Gasteiger partial charge in [-0.15, -0.1) is 0 Å². The highest BCUT2D eigenvalue weighted by Gasteiger charge is 2.34. The average molecular weight is 170 g/mol. The second kappa shape index (κ2) is 3.21. The highest BCUT2D eigenvalue weighted by molar-refractivity contribution is 5.50. The van der Waals surface area contributed by atoms with Gasteiger partial charge >= 0.3 is 0 Å². The van der Waals surface area contributed by atoms with Crippen molar-refractivity contribution in [2.75, 3.05) is 0 Å². The highest BCUT2D eigenvalue weighted by atomic mass is 14.4. The van der Waals surface area contributed by atoms with Gasteiger partial charge in [-0.2, -0.15) is 0 Å². The van der Waals surface area contributed by atoms with E-state index >= 15 is 0 Å². The molecule has 0 saturated heterocycles. The van der Waals surface area contributed by atoms with Crippen LogP contribution in [0.2, 0.25) is 0 Å². The van der Waals surface area contributed by atoms with Gasteiger partial charge in [0.1, 0.15) is 0 Å². The molecule has 2 unspecified atom stereocenters. The first-order valence-corrected chi connectivity index (χ1v) is 4.70. The van der Waals surface area contributed by atoms with Crippen LogP contribution in [-0.4, -0.2) is 0 Å². The molecule has 0 heteroatoms. The zero-order chi connectivity index (χ0) is 9.26. The van der Waals surface area contributed by atoms with E-state index in [1.165, 1.54) is 17.6 Å². The Morgan fingerprint density at radius 3 is 2.85 bits per heavy atom. The van der Waals surface area contributed by atoms with Crippen molar-refractivity contribution in [1.29, 1.82) is 0 Å². The minimum atomic E-state index is 0.799. The molecule has 0 bridgehead atoms. The van der Waals surface area contributed by atoms with Crippen LogP contribution in [0.5, 0.6) is 0 Å². The fourth-order valence-electron chi connectivity index (χ4n) is 1.76. The molecule has 2 aliphatic carbocycles. The van der Waals surface area contributed by atoms with Gasteiger partial charge in [-0.1, -0.05) is 49.6 Å². The van der Waals surface area contributed by atoms with E-state index in [2.05, 4.69) is 31.4 Å². The third-order valence-corrected chi connectivity index (χ3v) is 2.66. The van der Waals surface area contributed by atoms with E-state index in [9.17, 15) is 0 Å². The van der Waals surface area contributed by atoms with Crippen molar-refractivity contribution in [3.05, 3.63) is 60.8 Å². The number of fused-ring (bicyclic) bond motifs is 1. The van der Waals surface area contributed by atoms with Crippen LogP contribution in [0.1, 0.15) is 6.42 Å². The first kappa shape index (κ1) is 8.31. The molecule has 0 aliphatic heterocycles. The minimum Gasteiger partial charge on any atom is -0.0990 e. The van der Waals surface area contributed by atoms with Gasteiger partial charge < -0.3 is 0 Å². The third kappa shape index (κ3) is 1.57. The van der Waals surface area contributed by atoms with E-state index in [1.54, 1.807) is 0 Å². The lowest BCUT2D eigenvalue weighted by Gasteiger charge is -2.06. The molecule has 0 aromatic rings. The molecule has 0 aromatic heterocycles. The van der Waals surface area contributed by atoms with Crippen LogP contribution in [0, 0.1) is 11.8 Å². The van der Waals surface area contributed by atoms with Crippen LogP contribution in [0.15, 0.2) is 60.8 Å². The molecule has 13 heavy (non-hydrogen) atoms. The molecule has 1 fully saturated rings. The van der Waals surface area contributed by atoms with Crippen LogP contribution in [0.3, 0.4) is 0 Å². The molecule has 0 heterocycles. The second-order valence-corrected chi connectivity index (χ2v) is 3.61. The Kier molecular flexibility index (Phi) is 2.05. The lowest BCUT2D eigenvalue weighted by Crippen LogP contribution is -1.89. The molecule has 0 aromatic carbocycles. The van der Waals surface area contributed by atoms with Crippen LogP contribution in [0.25, 0.3) is 0 Å². The Labute approximate surface area is 79.7 Å². The summed E-state index contributed by atoms with van der Waals surface area (Å²) in [7, 11) is 0. The topological polar surface area (TPSA) is 0 Å². The average Bonchev–Trinajstić information content (AvgIpc) is 2.91. The fourth-order valence-corrected chi connectivity index (χ4v) is 1.76. The Bertz CT molecular complexity index is 326. The van der Waals surface area contributed by atoms with E-state index in [-0.39, 0.29) is 0 Å². The molecule has 0 radical (unpaired) electrons. The Morgan fingerprint density at radius 2 is 2.23 bits per heavy atom. The lowest BCUT2D eigenvalue weighted by atomic mass is 9.99. The summed E-state index contributed by atoms with van der Waals surface area (Å²) in [5, 5.41) is 0. The molecule has 2 atom stereocenters. The van der Waals surface area contributed by atoms with E-state index < -0.39 is 0 Å². The molecule has 2 aliphatic rings. The van der Waals surface area contributed by atoms with Crippen molar-refractivity contribution in [2.24, 2.45) is 11.8 Å². The Hall–Kier alpha value is -1.30. The van der Waals surface area contributed by atoms with Gasteiger partial charge in [-0.25, -0.2) is 0 Å². The SMILES string of the molecule is C=C/C=C(\C=C)C1=CC2CC2C=C1. The highest BCUT2D eigenvalue weighted by Crippen LogP contribution is 2.45. The molecule has 66 valence electrons. The summed E-state index contributed by atoms with van der Waals surface area (Å²) in [6.45, 7) is 7.50. The summed E-state index contributed by atoms with van der Waals surface area (Å²) in [4.78, 5) is 0. The predicted octanol–water partition coefficient (Wildman–Crippen LogP) is 3.42. The molecule has 0 spiro atoms. The van der Waals surface area contributed by atoms with Crippen molar-refractivity contribution in [2.45, 2.75) is 6.42 Å². The van der Waals surface area contributed by atoms with Gasteiger partial charge in [-0.3, -0.25) is 0 Å². The first-order valence-electron chi connectivity index (χ1n) is 4.70. The lowest BCUT2D eigenvalue weighted by molar-refractivity contribution is 0.968. The number of rotatable bonds is 3. The van der Waals surface area contributed by atoms with Crippen molar-refractivity contribution in [1.82, 2.24) is 0 Å². The minimum absolute atomic E-state index is 0.799. The number of allylic oxidation sites excluding steroid dienone is 8. The normalized spacial score (nSPS) is 30.5. The van der Waals surface area contributed by atoms with Crippen molar-refractivity contribution < 1.29 is 0 Å². The van der Waals surface area contributed by atoms with Crippen molar-refractivity contribution >= 4 is 0 Å². The van der Waals surface area contributed by atoms with Crippen molar-refractivity contribution in [3.63, 3.8) is 0 Å². The van der Waals surface area contributed by atoms with Gasteiger partial charge in [0.15, 0.2) is 0 Å². The van der Waals surface area contributed by atoms with E-state index in [0.29, 0.717) is 0 Å². The van der Waals surface area contributed by atoms with Crippen LogP contribution in [0.4, 0.5) is 0 Å². The maximum atomic E-state index is 3.80. The van der Waals surface area contributed by atoms with Gasteiger partial charge in [0, 0.05) is 0 Å². The smallest absolute Gasteiger partial charge is 0.0155 e. The van der Waals surface area contributed by atoms with Crippen LogP contribution < -0.4 is 0 Å². The number of hydrogen-bond donors (Lipinski definition) is 0. The second-order valence-electron chi connectivity index (χ2n) is 3.61. The van der Waals surface area contributed by atoms with Gasteiger partial charge in [0.2, 0.25) is 0 Å². The summed E-state index contributed by atoms with van der Waals surface area (Å²) >= 11 is 0. The fraction of sp³-hybridized carbons (Fsp3) is 0.231. The van der Waals surface area contributed by atoms with Gasteiger partial charge in [0.25, 0.3) is 0 Å². The third-order valence-electron chi connectivity index (χ3n) is 2.66. The largest absolute Gasteiger partial charge is 0.0990 e. The molecular weight excluding hydrogens is 156 g/mol. The summed E-state index contributed by atoms with van der Waals surface area (Å²) in [6, 6.07) is 0. The maximum Gasteiger partial charge on any atom is -0.0155 e. The number of hydrogen-bond acceptors (Lipinski definition) is 0. The molecular formula is C13H14. The Morgan fingerprint density at radius 1 is 1.38 bits per heavy atom. The summed E-state index contributed by atoms with van der Waals surface area (Å²) in [5.74, 6) is 1.63. The summed E-state index contributed by atoms with van der Waals surface area (Å²) in [5.41, 5.74) is 2.48. The van der Waals surface area contributed by atoms with Crippen molar-refractivity contribution in [3.8, 4) is 0 Å². The molecule has 2 rings (SSSR count). The zero-order valence-electron chi connectivity index (χ0n) is 7.74. The standard InChI is InChI=1S/C13H14/c1-3-5-10(4-2)11-6-7-12-9-13(12)8-11/h3-8,12-13H,1-2,9H2/b10-5+. The van der Waals surface area contributed by atoms with Crippen LogP contribution >= 0.6 is 0 Å². The van der Waals surface area contributed by atoms with E-state index in [0.717, 1.165) is 11.8 Å². The van der Waals surface area contributed by atoms with Gasteiger partial charge in [-0.05, 0) is 29.4 Å². The molecule has 1 saturated carbocycles. The quantitative estimate of drug-likeness (QED) is 0.569. The molecule has 0 amide bonds. The van der Waals surface area contributed by atoms with E-state index in [4.69, 9.17) is 0 Å². The maximum absolute atomic E-state index is 3.80. The molecule has 0 nitrogen and oxygen atoms in total. The van der Waals surface area contributed by atoms with Gasteiger partial charge in [0.05, 0.1) is 0 Å².